The van der Waals surface area contributed by atoms with Crippen LogP contribution in [0.5, 0.6) is 0 Å². The zero-order chi connectivity index (χ0) is 16.6. The predicted octanol–water partition coefficient (Wildman–Crippen LogP) is -1.06. The summed E-state index contributed by atoms with van der Waals surface area (Å²) in [5.41, 5.74) is 0. The molecular weight excluding hydrogens is 278 g/mol. The average molecular weight is 301 g/mol. The molecule has 2 atom stereocenters. The summed E-state index contributed by atoms with van der Waals surface area (Å²) in [5, 5.41) is 7.36. The van der Waals surface area contributed by atoms with Gasteiger partial charge in [0.05, 0.1) is 7.11 Å². The zero-order valence-corrected chi connectivity index (χ0v) is 13.0. The van der Waals surface area contributed by atoms with Gasteiger partial charge in [0, 0.05) is 6.92 Å². The molecular formula is C13H23N3O5. The first-order valence-electron chi connectivity index (χ1n) is 6.61. The molecule has 0 radical (unpaired) electrons. The van der Waals surface area contributed by atoms with E-state index >= 15 is 0 Å². The van der Waals surface area contributed by atoms with Gasteiger partial charge >= 0.3 is 5.97 Å². The van der Waals surface area contributed by atoms with Crippen LogP contribution in [0.2, 0.25) is 0 Å². The molecule has 0 aromatic rings. The van der Waals surface area contributed by atoms with Gasteiger partial charge in [0.25, 0.3) is 0 Å². The van der Waals surface area contributed by atoms with Crippen molar-refractivity contribution in [3.05, 3.63) is 0 Å². The largest absolute Gasteiger partial charge is 0.468 e. The minimum Gasteiger partial charge on any atom is -0.468 e. The predicted molar refractivity (Wildman–Crippen MR) is 75.1 cm³/mol. The highest BCUT2D eigenvalue weighted by Gasteiger charge is 2.26. The van der Waals surface area contributed by atoms with Gasteiger partial charge in [0.15, 0.2) is 0 Å². The van der Waals surface area contributed by atoms with Gasteiger partial charge < -0.3 is 20.7 Å². The highest BCUT2D eigenvalue weighted by atomic mass is 16.5. The fourth-order valence-corrected chi connectivity index (χ4v) is 1.53. The molecule has 0 bridgehead atoms. The van der Waals surface area contributed by atoms with Crippen LogP contribution in [-0.4, -0.2) is 49.4 Å². The quantitative estimate of drug-likeness (QED) is 0.519. The van der Waals surface area contributed by atoms with Gasteiger partial charge in [0.2, 0.25) is 17.7 Å². The summed E-state index contributed by atoms with van der Waals surface area (Å²) in [4.78, 5) is 45.7. The Bertz CT molecular complexity index is 409. The van der Waals surface area contributed by atoms with Crippen molar-refractivity contribution in [1.82, 2.24) is 16.0 Å². The molecule has 0 saturated heterocycles. The second-order valence-electron chi connectivity index (χ2n) is 4.95. The molecule has 0 fully saturated rings. The number of carbonyl (C=O) groups is 4. The van der Waals surface area contributed by atoms with Crippen LogP contribution < -0.4 is 16.0 Å². The van der Waals surface area contributed by atoms with Gasteiger partial charge in [-0.05, 0) is 12.8 Å². The first kappa shape index (κ1) is 18.9. The molecule has 0 aliphatic rings. The number of nitrogens with one attached hydrogen (secondary N) is 3. The number of hydrogen-bond acceptors (Lipinski definition) is 5. The van der Waals surface area contributed by atoms with E-state index in [1.807, 2.05) is 0 Å². The van der Waals surface area contributed by atoms with E-state index in [0.29, 0.717) is 0 Å². The Hall–Kier alpha value is -2.12. The van der Waals surface area contributed by atoms with Gasteiger partial charge in [0.1, 0.15) is 18.6 Å². The Labute approximate surface area is 124 Å². The van der Waals surface area contributed by atoms with Crippen LogP contribution in [-0.2, 0) is 23.9 Å². The second-order valence-corrected chi connectivity index (χ2v) is 4.95. The molecule has 0 unspecified atom stereocenters. The van der Waals surface area contributed by atoms with Gasteiger partial charge in [-0.25, -0.2) is 0 Å². The molecule has 0 heterocycles. The average Bonchev–Trinajstić information content (AvgIpc) is 2.40. The number of methoxy groups -OCH3 is 1. The molecule has 120 valence electrons. The fraction of sp³-hybridized carbons (Fsp3) is 0.692. The molecule has 0 rings (SSSR count). The van der Waals surface area contributed by atoms with Crippen LogP contribution in [0.25, 0.3) is 0 Å². The third-order valence-electron chi connectivity index (χ3n) is 2.69. The smallest absolute Gasteiger partial charge is 0.325 e. The Morgan fingerprint density at radius 3 is 2.00 bits per heavy atom. The lowest BCUT2D eigenvalue weighted by atomic mass is 10.0. The van der Waals surface area contributed by atoms with Crippen LogP contribution in [0.1, 0.15) is 27.7 Å². The number of rotatable bonds is 7. The van der Waals surface area contributed by atoms with E-state index in [4.69, 9.17) is 0 Å². The molecule has 0 aromatic heterocycles. The Morgan fingerprint density at radius 2 is 1.57 bits per heavy atom. The molecule has 8 nitrogen and oxygen atoms in total. The van der Waals surface area contributed by atoms with Gasteiger partial charge in [-0.2, -0.15) is 0 Å². The number of hydrogen-bond donors (Lipinski definition) is 3. The summed E-state index contributed by atoms with van der Waals surface area (Å²) in [6.07, 6.45) is 0. The maximum atomic E-state index is 12.0. The summed E-state index contributed by atoms with van der Waals surface area (Å²) in [6.45, 7) is 6.06. The van der Waals surface area contributed by atoms with Crippen molar-refractivity contribution in [2.75, 3.05) is 13.7 Å². The SMILES string of the molecule is COC(=O)CNC(=O)[C@H](NC(=O)[C@H](C)NC(C)=O)C(C)C. The second kappa shape index (κ2) is 8.93. The molecule has 0 aliphatic heterocycles. The van der Waals surface area contributed by atoms with E-state index in [1.165, 1.54) is 21.0 Å². The van der Waals surface area contributed by atoms with Crippen molar-refractivity contribution in [2.24, 2.45) is 5.92 Å². The zero-order valence-electron chi connectivity index (χ0n) is 13.0. The summed E-state index contributed by atoms with van der Waals surface area (Å²) < 4.78 is 4.42. The third-order valence-corrected chi connectivity index (χ3v) is 2.69. The third kappa shape index (κ3) is 7.28. The van der Waals surface area contributed by atoms with Crippen molar-refractivity contribution in [3.63, 3.8) is 0 Å². The van der Waals surface area contributed by atoms with E-state index in [0.717, 1.165) is 0 Å². The van der Waals surface area contributed by atoms with Crippen molar-refractivity contribution in [2.45, 2.75) is 39.8 Å². The number of carbonyl (C=O) groups excluding carboxylic acids is 4. The monoisotopic (exact) mass is 301 g/mol. The highest BCUT2D eigenvalue weighted by molar-refractivity contribution is 5.92. The number of amides is 3. The molecule has 0 saturated carbocycles. The molecule has 0 spiro atoms. The molecule has 0 aliphatic carbocycles. The van der Waals surface area contributed by atoms with Gasteiger partial charge in [-0.1, -0.05) is 13.8 Å². The summed E-state index contributed by atoms with van der Waals surface area (Å²) in [6, 6.07) is -1.56. The molecule has 3 N–H and O–H groups in total. The highest BCUT2D eigenvalue weighted by Crippen LogP contribution is 2.02. The van der Waals surface area contributed by atoms with Crippen LogP contribution in [0.3, 0.4) is 0 Å². The van der Waals surface area contributed by atoms with Crippen LogP contribution >= 0.6 is 0 Å². The molecule has 8 heteroatoms. The maximum Gasteiger partial charge on any atom is 0.325 e. The summed E-state index contributed by atoms with van der Waals surface area (Å²) in [5.74, 6) is -2.07. The molecule has 3 amide bonds. The lowest BCUT2D eigenvalue weighted by molar-refractivity contribution is -0.141. The van der Waals surface area contributed by atoms with E-state index in [1.54, 1.807) is 13.8 Å². The van der Waals surface area contributed by atoms with Crippen molar-refractivity contribution in [1.29, 1.82) is 0 Å². The topological polar surface area (TPSA) is 114 Å². The first-order valence-corrected chi connectivity index (χ1v) is 6.61. The van der Waals surface area contributed by atoms with E-state index in [-0.39, 0.29) is 18.4 Å². The standard InChI is InChI=1S/C13H23N3O5/c1-7(2)11(13(20)14-6-10(18)21-5)16-12(19)8(3)15-9(4)17/h7-8,11H,6H2,1-5H3,(H,14,20)(H,15,17)(H,16,19)/t8-,11+/m0/s1. The Morgan fingerprint density at radius 1 is 1.00 bits per heavy atom. The van der Waals surface area contributed by atoms with Crippen molar-refractivity contribution in [3.8, 4) is 0 Å². The molecule has 21 heavy (non-hydrogen) atoms. The van der Waals surface area contributed by atoms with E-state index in [9.17, 15) is 19.2 Å². The Kier molecular flexibility index (Phi) is 8.03. The summed E-state index contributed by atoms with van der Waals surface area (Å²) in [7, 11) is 1.21. The van der Waals surface area contributed by atoms with Crippen LogP contribution in [0.4, 0.5) is 0 Å². The maximum absolute atomic E-state index is 12.0. The number of esters is 1. The minimum absolute atomic E-state index is 0.184. The van der Waals surface area contributed by atoms with E-state index < -0.39 is 29.9 Å². The van der Waals surface area contributed by atoms with E-state index in [2.05, 4.69) is 20.7 Å². The molecule has 0 aromatic carbocycles. The lowest BCUT2D eigenvalue weighted by Crippen LogP contribution is -2.55. The van der Waals surface area contributed by atoms with Crippen LogP contribution in [0, 0.1) is 5.92 Å². The summed E-state index contributed by atoms with van der Waals surface area (Å²) >= 11 is 0. The normalized spacial score (nSPS) is 13.0. The van der Waals surface area contributed by atoms with Crippen molar-refractivity contribution < 1.29 is 23.9 Å². The van der Waals surface area contributed by atoms with Gasteiger partial charge in [-0.3, -0.25) is 19.2 Å². The van der Waals surface area contributed by atoms with Crippen molar-refractivity contribution >= 4 is 23.7 Å². The Balaban J connectivity index is 4.61. The first-order chi connectivity index (χ1) is 9.68. The fourth-order valence-electron chi connectivity index (χ4n) is 1.53. The number of ether oxygens (including phenoxy) is 1. The van der Waals surface area contributed by atoms with Gasteiger partial charge in [-0.15, -0.1) is 0 Å². The lowest BCUT2D eigenvalue weighted by Gasteiger charge is -2.23. The van der Waals surface area contributed by atoms with Crippen LogP contribution in [0.15, 0.2) is 0 Å². The minimum atomic E-state index is -0.807.